The van der Waals surface area contributed by atoms with Gasteiger partial charge in [0.1, 0.15) is 11.4 Å². The van der Waals surface area contributed by atoms with Gasteiger partial charge in [-0.15, -0.1) is 0 Å². The number of ether oxygens (including phenoxy) is 1. The number of benzene rings is 2. The quantitative estimate of drug-likeness (QED) is 0.643. The molecule has 4 rings (SSSR count). The lowest BCUT2D eigenvalue weighted by Gasteiger charge is -2.20. The summed E-state index contributed by atoms with van der Waals surface area (Å²) in [7, 11) is 0. The maximum absolute atomic E-state index is 13.1. The first-order valence-electron chi connectivity index (χ1n) is 10.6. The predicted octanol–water partition coefficient (Wildman–Crippen LogP) is 4.65. The van der Waals surface area contributed by atoms with Gasteiger partial charge in [-0.3, -0.25) is 10.1 Å². The molecule has 1 aliphatic heterocycles. The molecule has 0 bridgehead atoms. The van der Waals surface area contributed by atoms with Crippen LogP contribution in [-0.4, -0.2) is 27.2 Å². The highest BCUT2D eigenvalue weighted by atomic mass is 16.6. The number of imidazole rings is 1. The molecule has 1 aromatic heterocycles. The van der Waals surface area contributed by atoms with Crippen molar-refractivity contribution in [1.29, 1.82) is 0 Å². The van der Waals surface area contributed by atoms with Crippen molar-refractivity contribution in [3.63, 3.8) is 0 Å². The molecule has 2 N–H and O–H groups in total. The number of aryl methyl sites for hydroxylation is 2. The van der Waals surface area contributed by atoms with E-state index in [0.717, 1.165) is 48.1 Å². The third-order valence-corrected chi connectivity index (χ3v) is 5.15. The van der Waals surface area contributed by atoms with Crippen LogP contribution in [0.2, 0.25) is 0 Å². The summed E-state index contributed by atoms with van der Waals surface area (Å²) in [5.74, 6) is 0.802. The van der Waals surface area contributed by atoms with Crippen LogP contribution in [0.3, 0.4) is 0 Å². The standard InChI is InChI=1S/C24H28N4O3/c1-24(2,3)31-23(30)27-20-13-17-9-5-4-8-16(17)12-19(20)22(29)25-14-18-15-28-11-7-6-10-21(28)26-18/h4-5,8-9,12-13,15H,6-7,10-11,14H2,1-3H3,(H,25,29)(H,27,30). The summed E-state index contributed by atoms with van der Waals surface area (Å²) in [4.78, 5) is 30.0. The Bertz CT molecular complexity index is 1100. The number of hydrogen-bond donors (Lipinski definition) is 2. The molecular formula is C24H28N4O3. The topological polar surface area (TPSA) is 85.2 Å². The summed E-state index contributed by atoms with van der Waals surface area (Å²) >= 11 is 0. The maximum atomic E-state index is 13.1. The van der Waals surface area contributed by atoms with Crippen molar-refractivity contribution in [3.8, 4) is 0 Å². The van der Waals surface area contributed by atoms with E-state index in [1.54, 1.807) is 32.9 Å². The lowest BCUT2D eigenvalue weighted by Crippen LogP contribution is -2.29. The van der Waals surface area contributed by atoms with E-state index in [0.29, 0.717) is 17.8 Å². The molecule has 0 unspecified atom stereocenters. The molecule has 7 nitrogen and oxygen atoms in total. The first-order chi connectivity index (χ1) is 14.8. The summed E-state index contributed by atoms with van der Waals surface area (Å²) in [6, 6.07) is 11.3. The van der Waals surface area contributed by atoms with Crippen LogP contribution < -0.4 is 10.6 Å². The monoisotopic (exact) mass is 420 g/mol. The molecule has 3 aromatic rings. The van der Waals surface area contributed by atoms with Crippen molar-refractivity contribution >= 4 is 28.5 Å². The zero-order valence-corrected chi connectivity index (χ0v) is 18.2. The second-order valence-corrected chi connectivity index (χ2v) is 8.85. The van der Waals surface area contributed by atoms with Gasteiger partial charge < -0.3 is 14.6 Å². The third-order valence-electron chi connectivity index (χ3n) is 5.15. The SMILES string of the molecule is CC(C)(C)OC(=O)Nc1cc2ccccc2cc1C(=O)NCc1cn2c(n1)CCCC2. The van der Waals surface area contributed by atoms with Crippen LogP contribution >= 0.6 is 0 Å². The number of carbonyl (C=O) groups excluding carboxylic acids is 2. The average molecular weight is 421 g/mol. The van der Waals surface area contributed by atoms with Crippen molar-refractivity contribution in [2.45, 2.75) is 58.7 Å². The Morgan fingerprint density at radius 1 is 1.13 bits per heavy atom. The van der Waals surface area contributed by atoms with Gasteiger partial charge in [-0.05, 0) is 56.5 Å². The summed E-state index contributed by atoms with van der Waals surface area (Å²) in [6.07, 6.45) is 4.70. The van der Waals surface area contributed by atoms with Gasteiger partial charge in [0.25, 0.3) is 5.91 Å². The Labute approximate surface area is 181 Å². The molecule has 162 valence electrons. The Morgan fingerprint density at radius 3 is 2.58 bits per heavy atom. The molecular weight excluding hydrogens is 392 g/mol. The van der Waals surface area contributed by atoms with Crippen molar-refractivity contribution in [1.82, 2.24) is 14.9 Å². The highest BCUT2D eigenvalue weighted by molar-refractivity contribution is 6.07. The summed E-state index contributed by atoms with van der Waals surface area (Å²) in [6.45, 7) is 6.70. The van der Waals surface area contributed by atoms with E-state index < -0.39 is 11.7 Å². The highest BCUT2D eigenvalue weighted by Crippen LogP contribution is 2.25. The molecule has 1 aliphatic rings. The summed E-state index contributed by atoms with van der Waals surface area (Å²) in [5, 5.41) is 7.52. The Kier molecular flexibility index (Phi) is 5.67. The van der Waals surface area contributed by atoms with Crippen LogP contribution in [0.1, 0.15) is 55.5 Å². The van der Waals surface area contributed by atoms with Gasteiger partial charge >= 0.3 is 6.09 Å². The molecule has 0 radical (unpaired) electrons. The molecule has 31 heavy (non-hydrogen) atoms. The lowest BCUT2D eigenvalue weighted by atomic mass is 10.0. The minimum Gasteiger partial charge on any atom is -0.444 e. The molecule has 0 aliphatic carbocycles. The molecule has 2 aromatic carbocycles. The highest BCUT2D eigenvalue weighted by Gasteiger charge is 2.20. The number of carbonyl (C=O) groups is 2. The van der Waals surface area contributed by atoms with Crippen molar-refractivity contribution in [2.75, 3.05) is 5.32 Å². The minimum atomic E-state index is -0.635. The number of nitrogens with zero attached hydrogens (tertiary/aromatic N) is 2. The largest absolute Gasteiger partial charge is 0.444 e. The number of nitrogens with one attached hydrogen (secondary N) is 2. The number of hydrogen-bond acceptors (Lipinski definition) is 4. The van der Waals surface area contributed by atoms with Gasteiger partial charge in [0.15, 0.2) is 0 Å². The van der Waals surface area contributed by atoms with E-state index in [4.69, 9.17) is 4.74 Å². The van der Waals surface area contributed by atoms with Crippen LogP contribution in [0.15, 0.2) is 42.6 Å². The molecule has 7 heteroatoms. The second kappa shape index (κ2) is 8.41. The van der Waals surface area contributed by atoms with E-state index >= 15 is 0 Å². The molecule has 0 spiro atoms. The fourth-order valence-corrected chi connectivity index (χ4v) is 3.77. The Balaban J connectivity index is 1.56. The number of amides is 2. The van der Waals surface area contributed by atoms with E-state index in [9.17, 15) is 9.59 Å². The molecule has 0 saturated carbocycles. The van der Waals surface area contributed by atoms with Crippen LogP contribution in [0.5, 0.6) is 0 Å². The maximum Gasteiger partial charge on any atom is 0.412 e. The van der Waals surface area contributed by atoms with Crippen LogP contribution in [-0.2, 0) is 24.2 Å². The van der Waals surface area contributed by atoms with Crippen LogP contribution in [0.4, 0.5) is 10.5 Å². The number of aromatic nitrogens is 2. The van der Waals surface area contributed by atoms with E-state index in [1.165, 1.54) is 0 Å². The molecule has 0 atom stereocenters. The number of fused-ring (bicyclic) bond motifs is 2. The molecule has 0 saturated heterocycles. The van der Waals surface area contributed by atoms with Gasteiger partial charge in [-0.1, -0.05) is 24.3 Å². The van der Waals surface area contributed by atoms with Crippen LogP contribution in [0, 0.1) is 0 Å². The molecule has 2 heterocycles. The zero-order valence-electron chi connectivity index (χ0n) is 18.2. The van der Waals surface area contributed by atoms with E-state index in [2.05, 4.69) is 20.2 Å². The summed E-state index contributed by atoms with van der Waals surface area (Å²) < 4.78 is 7.53. The van der Waals surface area contributed by atoms with Crippen molar-refractivity contribution in [2.24, 2.45) is 0 Å². The minimum absolute atomic E-state index is 0.275. The van der Waals surface area contributed by atoms with Crippen molar-refractivity contribution < 1.29 is 14.3 Å². The Hall–Kier alpha value is -3.35. The number of rotatable bonds is 4. The van der Waals surface area contributed by atoms with Crippen LogP contribution in [0.25, 0.3) is 10.8 Å². The normalized spacial score (nSPS) is 13.5. The Morgan fingerprint density at radius 2 is 1.87 bits per heavy atom. The lowest BCUT2D eigenvalue weighted by molar-refractivity contribution is 0.0636. The fraction of sp³-hybridized carbons (Fsp3) is 0.375. The molecule has 2 amide bonds. The first-order valence-corrected chi connectivity index (χ1v) is 10.6. The predicted molar refractivity (Wildman–Crippen MR) is 120 cm³/mol. The summed E-state index contributed by atoms with van der Waals surface area (Å²) in [5.41, 5.74) is 1.000. The second-order valence-electron chi connectivity index (χ2n) is 8.85. The van der Waals surface area contributed by atoms with E-state index in [1.807, 2.05) is 30.5 Å². The van der Waals surface area contributed by atoms with E-state index in [-0.39, 0.29) is 5.91 Å². The van der Waals surface area contributed by atoms with Gasteiger partial charge in [0.05, 0.1) is 23.5 Å². The third kappa shape index (κ3) is 5.05. The average Bonchev–Trinajstić information content (AvgIpc) is 3.13. The smallest absolute Gasteiger partial charge is 0.412 e. The molecule has 0 fully saturated rings. The van der Waals surface area contributed by atoms with Crippen molar-refractivity contribution in [3.05, 3.63) is 59.7 Å². The fourth-order valence-electron chi connectivity index (χ4n) is 3.77. The zero-order chi connectivity index (χ0) is 22.0. The van der Waals surface area contributed by atoms with Gasteiger partial charge in [0.2, 0.25) is 0 Å². The van der Waals surface area contributed by atoms with Gasteiger partial charge in [-0.25, -0.2) is 9.78 Å². The van der Waals surface area contributed by atoms with Gasteiger partial charge in [-0.2, -0.15) is 0 Å². The first kappa shape index (κ1) is 20.9. The van der Waals surface area contributed by atoms with Gasteiger partial charge in [0, 0.05) is 19.2 Å². The number of anilines is 1.